The van der Waals surface area contributed by atoms with E-state index in [9.17, 15) is 0 Å². The van der Waals surface area contributed by atoms with Crippen LogP contribution in [0.4, 0.5) is 0 Å². The van der Waals surface area contributed by atoms with E-state index in [0.29, 0.717) is 12.0 Å². The lowest BCUT2D eigenvalue weighted by Gasteiger charge is -2.26. The summed E-state index contributed by atoms with van der Waals surface area (Å²) >= 11 is 0. The monoisotopic (exact) mass is 187 g/mol. The second-order valence-electron chi connectivity index (χ2n) is 4.09. The second-order valence-corrected chi connectivity index (χ2v) is 4.09. The average molecular weight is 187 g/mol. The maximum atomic E-state index is 9.15. The SMILES string of the molecule is CCCC(CC)N[C@H](CO)C(C)C. The Morgan fingerprint density at radius 2 is 1.85 bits per heavy atom. The van der Waals surface area contributed by atoms with Gasteiger partial charge in [-0.1, -0.05) is 34.1 Å². The van der Waals surface area contributed by atoms with Crippen LogP contribution in [-0.2, 0) is 0 Å². The Hall–Kier alpha value is -0.0800. The third kappa shape index (κ3) is 5.27. The Morgan fingerprint density at radius 3 is 2.15 bits per heavy atom. The van der Waals surface area contributed by atoms with Crippen molar-refractivity contribution in [2.75, 3.05) is 6.61 Å². The molecule has 0 aliphatic rings. The molecule has 0 heterocycles. The van der Waals surface area contributed by atoms with Crippen LogP contribution in [0.1, 0.15) is 47.0 Å². The lowest BCUT2D eigenvalue weighted by molar-refractivity contribution is 0.195. The molecule has 2 atom stereocenters. The zero-order valence-electron chi connectivity index (χ0n) is 9.51. The van der Waals surface area contributed by atoms with Gasteiger partial charge in [0.2, 0.25) is 0 Å². The van der Waals surface area contributed by atoms with Crippen molar-refractivity contribution in [1.82, 2.24) is 5.32 Å². The maximum Gasteiger partial charge on any atom is 0.0587 e. The molecule has 0 saturated carbocycles. The minimum Gasteiger partial charge on any atom is -0.395 e. The van der Waals surface area contributed by atoms with Crippen molar-refractivity contribution in [3.8, 4) is 0 Å². The van der Waals surface area contributed by atoms with Gasteiger partial charge in [0.15, 0.2) is 0 Å². The minimum absolute atomic E-state index is 0.248. The Balaban J connectivity index is 3.87. The largest absolute Gasteiger partial charge is 0.395 e. The summed E-state index contributed by atoms with van der Waals surface area (Å²) in [6, 6.07) is 0.834. The van der Waals surface area contributed by atoms with Gasteiger partial charge in [-0.2, -0.15) is 0 Å². The van der Waals surface area contributed by atoms with Crippen molar-refractivity contribution in [3.63, 3.8) is 0 Å². The van der Waals surface area contributed by atoms with Crippen molar-refractivity contribution in [2.24, 2.45) is 5.92 Å². The van der Waals surface area contributed by atoms with Crippen molar-refractivity contribution in [1.29, 1.82) is 0 Å². The molecule has 1 unspecified atom stereocenters. The highest BCUT2D eigenvalue weighted by Crippen LogP contribution is 2.07. The third-order valence-electron chi connectivity index (χ3n) is 2.58. The van der Waals surface area contributed by atoms with E-state index in [-0.39, 0.29) is 12.6 Å². The molecule has 0 spiro atoms. The predicted octanol–water partition coefficient (Wildman–Crippen LogP) is 2.17. The second kappa shape index (κ2) is 7.34. The Labute approximate surface area is 82.7 Å². The molecule has 2 heteroatoms. The molecule has 13 heavy (non-hydrogen) atoms. The number of hydrogen-bond acceptors (Lipinski definition) is 2. The van der Waals surface area contributed by atoms with Crippen molar-refractivity contribution >= 4 is 0 Å². The van der Waals surface area contributed by atoms with Crippen LogP contribution in [0.3, 0.4) is 0 Å². The van der Waals surface area contributed by atoms with Gasteiger partial charge in [-0.25, -0.2) is 0 Å². The van der Waals surface area contributed by atoms with Crippen molar-refractivity contribution < 1.29 is 5.11 Å². The third-order valence-corrected chi connectivity index (χ3v) is 2.58. The number of aliphatic hydroxyl groups is 1. The Kier molecular flexibility index (Phi) is 7.29. The van der Waals surface area contributed by atoms with Gasteiger partial charge in [0.25, 0.3) is 0 Å². The highest BCUT2D eigenvalue weighted by atomic mass is 16.3. The molecule has 80 valence electrons. The van der Waals surface area contributed by atoms with E-state index >= 15 is 0 Å². The van der Waals surface area contributed by atoms with Gasteiger partial charge < -0.3 is 10.4 Å². The number of nitrogens with one attached hydrogen (secondary N) is 1. The Morgan fingerprint density at radius 1 is 1.23 bits per heavy atom. The molecular weight excluding hydrogens is 162 g/mol. The summed E-state index contributed by atoms with van der Waals surface area (Å²) in [5.41, 5.74) is 0. The lowest BCUT2D eigenvalue weighted by atomic mass is 10.0. The highest BCUT2D eigenvalue weighted by Gasteiger charge is 2.15. The fourth-order valence-electron chi connectivity index (χ4n) is 1.51. The topological polar surface area (TPSA) is 32.3 Å². The normalized spacial score (nSPS) is 16.2. The number of aliphatic hydroxyl groups excluding tert-OH is 1. The predicted molar refractivity (Wildman–Crippen MR) is 57.8 cm³/mol. The van der Waals surface area contributed by atoms with Crippen LogP contribution in [0.15, 0.2) is 0 Å². The first-order chi connectivity index (χ1) is 6.15. The van der Waals surface area contributed by atoms with Crippen LogP contribution in [0.5, 0.6) is 0 Å². The van der Waals surface area contributed by atoms with E-state index in [4.69, 9.17) is 5.11 Å². The van der Waals surface area contributed by atoms with Crippen LogP contribution in [0, 0.1) is 5.92 Å². The summed E-state index contributed by atoms with van der Waals surface area (Å²) in [5, 5.41) is 12.7. The van der Waals surface area contributed by atoms with E-state index in [0.717, 1.165) is 6.42 Å². The van der Waals surface area contributed by atoms with Crippen LogP contribution >= 0.6 is 0 Å². The van der Waals surface area contributed by atoms with Gasteiger partial charge in [-0.05, 0) is 18.8 Å². The number of rotatable bonds is 7. The fourth-order valence-corrected chi connectivity index (χ4v) is 1.51. The van der Waals surface area contributed by atoms with Gasteiger partial charge >= 0.3 is 0 Å². The molecular formula is C11H25NO. The van der Waals surface area contributed by atoms with E-state index in [1.807, 2.05) is 0 Å². The summed E-state index contributed by atoms with van der Waals surface area (Å²) in [6.45, 7) is 8.94. The molecule has 0 aliphatic heterocycles. The molecule has 0 amide bonds. The Bertz CT molecular complexity index is 115. The standard InChI is InChI=1S/C11H25NO/c1-5-7-10(6-2)12-11(8-13)9(3)4/h9-13H,5-8H2,1-4H3/t10?,11-/m1/s1. The smallest absolute Gasteiger partial charge is 0.0587 e. The van der Waals surface area contributed by atoms with Crippen LogP contribution in [-0.4, -0.2) is 23.8 Å². The molecule has 0 rings (SSSR count). The van der Waals surface area contributed by atoms with Crippen LogP contribution < -0.4 is 5.32 Å². The summed E-state index contributed by atoms with van der Waals surface area (Å²) in [5.74, 6) is 0.510. The zero-order valence-corrected chi connectivity index (χ0v) is 9.51. The molecule has 0 saturated heterocycles. The first-order valence-corrected chi connectivity index (χ1v) is 5.52. The van der Waals surface area contributed by atoms with Crippen molar-refractivity contribution in [2.45, 2.75) is 59.0 Å². The van der Waals surface area contributed by atoms with Gasteiger partial charge in [0.05, 0.1) is 6.61 Å². The van der Waals surface area contributed by atoms with Gasteiger partial charge in [-0.15, -0.1) is 0 Å². The van der Waals surface area contributed by atoms with E-state index in [1.165, 1.54) is 12.8 Å². The van der Waals surface area contributed by atoms with E-state index < -0.39 is 0 Å². The minimum atomic E-state index is 0.248. The van der Waals surface area contributed by atoms with Crippen LogP contribution in [0.25, 0.3) is 0 Å². The molecule has 0 radical (unpaired) electrons. The van der Waals surface area contributed by atoms with Crippen LogP contribution in [0.2, 0.25) is 0 Å². The molecule has 0 aromatic heterocycles. The van der Waals surface area contributed by atoms with Gasteiger partial charge in [0, 0.05) is 12.1 Å². The molecule has 0 bridgehead atoms. The fraction of sp³-hybridized carbons (Fsp3) is 1.00. The average Bonchev–Trinajstić information content (AvgIpc) is 2.11. The van der Waals surface area contributed by atoms with Crippen molar-refractivity contribution in [3.05, 3.63) is 0 Å². The molecule has 2 nitrogen and oxygen atoms in total. The summed E-state index contributed by atoms with van der Waals surface area (Å²) in [4.78, 5) is 0. The molecule has 2 N–H and O–H groups in total. The summed E-state index contributed by atoms with van der Waals surface area (Å²) < 4.78 is 0. The summed E-state index contributed by atoms with van der Waals surface area (Å²) in [6.07, 6.45) is 3.57. The van der Waals surface area contributed by atoms with E-state index in [2.05, 4.69) is 33.0 Å². The van der Waals surface area contributed by atoms with Gasteiger partial charge in [-0.3, -0.25) is 0 Å². The lowest BCUT2D eigenvalue weighted by Crippen LogP contribution is -2.43. The number of hydrogen-bond donors (Lipinski definition) is 2. The molecule has 0 fully saturated rings. The zero-order chi connectivity index (χ0) is 10.3. The van der Waals surface area contributed by atoms with E-state index in [1.54, 1.807) is 0 Å². The summed E-state index contributed by atoms with van der Waals surface area (Å²) in [7, 11) is 0. The quantitative estimate of drug-likeness (QED) is 0.640. The molecule has 0 aromatic rings. The highest BCUT2D eigenvalue weighted by molar-refractivity contribution is 4.74. The first kappa shape index (κ1) is 12.9. The van der Waals surface area contributed by atoms with Gasteiger partial charge in [0.1, 0.15) is 0 Å². The molecule has 0 aliphatic carbocycles. The molecule has 0 aromatic carbocycles. The first-order valence-electron chi connectivity index (χ1n) is 5.52. The maximum absolute atomic E-state index is 9.15.